The number of amidine groups is 1. The Bertz CT molecular complexity index is 612. The van der Waals surface area contributed by atoms with Crippen LogP contribution in [0.3, 0.4) is 0 Å². The Kier molecular flexibility index (Phi) is 4.74. The lowest BCUT2D eigenvalue weighted by Gasteiger charge is -2.11. The van der Waals surface area contributed by atoms with Crippen molar-refractivity contribution in [3.63, 3.8) is 0 Å². The van der Waals surface area contributed by atoms with Crippen LogP contribution >= 0.6 is 11.8 Å². The van der Waals surface area contributed by atoms with Gasteiger partial charge in [-0.25, -0.2) is 0 Å². The van der Waals surface area contributed by atoms with Gasteiger partial charge in [-0.2, -0.15) is 0 Å². The minimum absolute atomic E-state index is 0.161. The summed E-state index contributed by atoms with van der Waals surface area (Å²) in [6, 6.07) is 6.86. The van der Waals surface area contributed by atoms with Crippen LogP contribution in [-0.4, -0.2) is 42.0 Å². The Morgan fingerprint density at radius 3 is 2.95 bits per heavy atom. The van der Waals surface area contributed by atoms with Gasteiger partial charge in [-0.15, -0.1) is 0 Å². The van der Waals surface area contributed by atoms with Crippen LogP contribution in [0.5, 0.6) is 0 Å². The lowest BCUT2D eigenvalue weighted by molar-refractivity contribution is -0.124. The second-order valence-corrected chi connectivity index (χ2v) is 6.14. The molecule has 0 spiro atoms. The number of amides is 2. The zero-order chi connectivity index (χ0) is 15.4. The van der Waals surface area contributed by atoms with E-state index in [1.54, 1.807) is 24.3 Å². The Morgan fingerprint density at radius 1 is 1.32 bits per heavy atom. The normalized spacial score (nSPS) is 20.5. The van der Waals surface area contributed by atoms with Crippen molar-refractivity contribution in [2.75, 3.05) is 24.2 Å². The molecule has 6 nitrogen and oxygen atoms in total. The van der Waals surface area contributed by atoms with Crippen LogP contribution in [0.4, 0.5) is 5.69 Å². The molecule has 0 aliphatic carbocycles. The van der Waals surface area contributed by atoms with E-state index >= 15 is 0 Å². The molecule has 7 heteroatoms. The van der Waals surface area contributed by atoms with Crippen molar-refractivity contribution in [3.8, 4) is 0 Å². The maximum Gasteiger partial charge on any atom is 0.257 e. The number of thioether (sulfide) groups is 1. The van der Waals surface area contributed by atoms with Crippen molar-refractivity contribution in [1.82, 2.24) is 5.32 Å². The lowest BCUT2D eigenvalue weighted by atomic mass is 10.1. The Labute approximate surface area is 132 Å². The Balaban J connectivity index is 1.63. The minimum atomic E-state index is -0.387. The fourth-order valence-electron chi connectivity index (χ4n) is 2.33. The molecule has 2 amide bonds. The number of hydrogen-bond acceptors (Lipinski definition) is 5. The van der Waals surface area contributed by atoms with Crippen LogP contribution in [0.25, 0.3) is 0 Å². The lowest BCUT2D eigenvalue weighted by Crippen LogP contribution is -2.28. The summed E-state index contributed by atoms with van der Waals surface area (Å²) in [5.41, 5.74) is 1.08. The molecular weight excluding hydrogens is 302 g/mol. The van der Waals surface area contributed by atoms with E-state index in [1.165, 1.54) is 11.8 Å². The van der Waals surface area contributed by atoms with Crippen molar-refractivity contribution in [1.29, 1.82) is 0 Å². The van der Waals surface area contributed by atoms with Crippen molar-refractivity contribution in [2.45, 2.75) is 18.9 Å². The second kappa shape index (κ2) is 6.93. The highest BCUT2D eigenvalue weighted by molar-refractivity contribution is 8.14. The van der Waals surface area contributed by atoms with Crippen molar-refractivity contribution in [2.24, 2.45) is 4.99 Å². The number of nitrogens with zero attached hydrogens (tertiary/aromatic N) is 1. The van der Waals surface area contributed by atoms with E-state index in [1.807, 2.05) is 0 Å². The van der Waals surface area contributed by atoms with Crippen LogP contribution in [0.1, 0.15) is 23.2 Å². The van der Waals surface area contributed by atoms with Gasteiger partial charge in [-0.3, -0.25) is 14.6 Å². The number of anilines is 1. The number of rotatable bonds is 3. The molecule has 0 bridgehead atoms. The monoisotopic (exact) mass is 319 g/mol. The van der Waals surface area contributed by atoms with Gasteiger partial charge in [-0.05, 0) is 31.0 Å². The molecule has 1 aromatic carbocycles. The van der Waals surface area contributed by atoms with Crippen LogP contribution < -0.4 is 10.6 Å². The standard InChI is InChI=1S/C15H17N3O3S/c19-13(18-15-16-6-8-22-15)10-3-1-4-11(9-10)17-14(20)12-5-2-7-21-12/h1,3-4,9,12H,2,5-8H2,(H,17,20)(H,16,18,19). The van der Waals surface area contributed by atoms with Gasteiger partial charge in [0.2, 0.25) is 0 Å². The molecule has 22 heavy (non-hydrogen) atoms. The number of benzene rings is 1. The zero-order valence-corrected chi connectivity index (χ0v) is 12.8. The summed E-state index contributed by atoms with van der Waals surface area (Å²) in [7, 11) is 0. The highest BCUT2D eigenvalue weighted by Crippen LogP contribution is 2.17. The van der Waals surface area contributed by atoms with Crippen LogP contribution in [0.2, 0.25) is 0 Å². The van der Waals surface area contributed by atoms with E-state index in [0.717, 1.165) is 25.1 Å². The first-order valence-electron chi connectivity index (χ1n) is 7.23. The first-order chi connectivity index (χ1) is 10.7. The fraction of sp³-hybridized carbons (Fsp3) is 0.400. The molecule has 2 N–H and O–H groups in total. The molecular formula is C15H17N3O3S. The van der Waals surface area contributed by atoms with Crippen molar-refractivity contribution in [3.05, 3.63) is 29.8 Å². The molecule has 1 saturated heterocycles. The van der Waals surface area contributed by atoms with Gasteiger partial charge in [0, 0.05) is 23.6 Å². The quantitative estimate of drug-likeness (QED) is 0.887. The molecule has 2 aliphatic heterocycles. The third-order valence-electron chi connectivity index (χ3n) is 3.42. The van der Waals surface area contributed by atoms with E-state index in [-0.39, 0.29) is 17.9 Å². The molecule has 3 rings (SSSR count). The van der Waals surface area contributed by atoms with Gasteiger partial charge in [-0.1, -0.05) is 17.8 Å². The second-order valence-electron chi connectivity index (χ2n) is 5.06. The SMILES string of the molecule is O=C(NC1=NCCS1)c1cccc(NC(=O)C2CCCO2)c1. The number of carbonyl (C=O) groups excluding carboxylic acids is 2. The minimum Gasteiger partial charge on any atom is -0.368 e. The van der Waals surface area contributed by atoms with Gasteiger partial charge in [0.25, 0.3) is 11.8 Å². The topological polar surface area (TPSA) is 79.8 Å². The smallest absolute Gasteiger partial charge is 0.257 e. The number of carbonyl (C=O) groups is 2. The molecule has 2 aliphatic rings. The first kappa shape index (κ1) is 15.1. The first-order valence-corrected chi connectivity index (χ1v) is 8.22. The molecule has 0 radical (unpaired) electrons. The van der Waals surface area contributed by atoms with Crippen molar-refractivity contribution < 1.29 is 14.3 Å². The Morgan fingerprint density at radius 2 is 2.23 bits per heavy atom. The van der Waals surface area contributed by atoms with Gasteiger partial charge in [0.15, 0.2) is 5.17 Å². The highest BCUT2D eigenvalue weighted by Gasteiger charge is 2.23. The molecule has 0 aromatic heterocycles. The largest absolute Gasteiger partial charge is 0.368 e. The van der Waals surface area contributed by atoms with Crippen LogP contribution in [0.15, 0.2) is 29.3 Å². The molecule has 1 unspecified atom stereocenters. The summed E-state index contributed by atoms with van der Waals surface area (Å²) in [5, 5.41) is 6.21. The van der Waals surface area contributed by atoms with E-state index in [9.17, 15) is 9.59 Å². The molecule has 116 valence electrons. The highest BCUT2D eigenvalue weighted by atomic mass is 32.2. The average Bonchev–Trinajstić information content (AvgIpc) is 3.21. The maximum absolute atomic E-state index is 12.2. The van der Waals surface area contributed by atoms with Gasteiger partial charge in [0.05, 0.1) is 6.54 Å². The van der Waals surface area contributed by atoms with Crippen molar-refractivity contribution >= 4 is 34.4 Å². The summed E-state index contributed by atoms with van der Waals surface area (Å²) >= 11 is 1.53. The fourth-order valence-corrected chi connectivity index (χ4v) is 3.05. The Hall–Kier alpha value is -1.86. The van der Waals surface area contributed by atoms with Gasteiger partial charge in [0.1, 0.15) is 6.10 Å². The maximum atomic E-state index is 12.2. The summed E-state index contributed by atoms with van der Waals surface area (Å²) < 4.78 is 5.34. The average molecular weight is 319 g/mol. The number of nitrogens with one attached hydrogen (secondary N) is 2. The zero-order valence-electron chi connectivity index (χ0n) is 12.0. The predicted octanol–water partition coefficient (Wildman–Crippen LogP) is 1.64. The van der Waals surface area contributed by atoms with E-state index < -0.39 is 0 Å². The molecule has 1 fully saturated rings. The number of hydrogen-bond donors (Lipinski definition) is 2. The van der Waals surface area contributed by atoms with Crippen LogP contribution in [0, 0.1) is 0 Å². The molecule has 1 aromatic rings. The summed E-state index contributed by atoms with van der Waals surface area (Å²) in [6.45, 7) is 1.36. The van der Waals surface area contributed by atoms with Gasteiger partial charge < -0.3 is 15.4 Å². The molecule has 1 atom stereocenters. The third-order valence-corrected chi connectivity index (χ3v) is 4.31. The summed E-state index contributed by atoms with van der Waals surface area (Å²) in [4.78, 5) is 28.4. The molecule has 0 saturated carbocycles. The van der Waals surface area contributed by atoms with E-state index in [0.29, 0.717) is 23.0 Å². The third kappa shape index (κ3) is 3.66. The summed E-state index contributed by atoms with van der Waals surface area (Å²) in [6.07, 6.45) is 1.25. The number of ether oxygens (including phenoxy) is 1. The van der Waals surface area contributed by atoms with Gasteiger partial charge >= 0.3 is 0 Å². The van der Waals surface area contributed by atoms with Crippen LogP contribution in [-0.2, 0) is 9.53 Å². The molecule has 2 heterocycles. The number of aliphatic imine (C=N–C) groups is 1. The summed E-state index contributed by atoms with van der Waals surface area (Å²) in [5.74, 6) is 0.514. The predicted molar refractivity (Wildman–Crippen MR) is 86.3 cm³/mol. The van der Waals surface area contributed by atoms with E-state index in [2.05, 4.69) is 15.6 Å². The van der Waals surface area contributed by atoms with E-state index in [4.69, 9.17) is 4.74 Å².